The summed E-state index contributed by atoms with van der Waals surface area (Å²) in [6, 6.07) is 15.8. The van der Waals surface area contributed by atoms with Gasteiger partial charge in [-0.15, -0.1) is 0 Å². The van der Waals surface area contributed by atoms with Crippen LogP contribution in [0.3, 0.4) is 0 Å². The number of ketones is 1. The quantitative estimate of drug-likeness (QED) is 0.364. The minimum atomic E-state index is -0.956. The minimum Gasteiger partial charge on any atom is -0.480 e. The van der Waals surface area contributed by atoms with Crippen LogP contribution < -0.4 is 5.32 Å². The summed E-state index contributed by atoms with van der Waals surface area (Å²) < 4.78 is 0. The number of carbonyl (C=O) groups excluding carboxylic acids is 1. The van der Waals surface area contributed by atoms with Crippen LogP contribution in [0.2, 0.25) is 0 Å². The van der Waals surface area contributed by atoms with Crippen molar-refractivity contribution in [1.29, 1.82) is 0 Å². The Hall–Kier alpha value is -2.57. The number of thiol groups is 1. The number of fused-ring (bicyclic) bond motifs is 1. The Balaban J connectivity index is 1.65. The molecule has 3 rings (SSSR count). The van der Waals surface area contributed by atoms with Gasteiger partial charge in [-0.05, 0) is 11.6 Å². The second-order valence-electron chi connectivity index (χ2n) is 6.11. The summed E-state index contributed by atoms with van der Waals surface area (Å²) in [7, 11) is 0. The van der Waals surface area contributed by atoms with E-state index in [4.69, 9.17) is 0 Å². The molecule has 0 spiro atoms. The van der Waals surface area contributed by atoms with Gasteiger partial charge in [-0.25, -0.2) is 0 Å². The van der Waals surface area contributed by atoms with Crippen molar-refractivity contribution >= 4 is 35.3 Å². The van der Waals surface area contributed by atoms with E-state index in [9.17, 15) is 14.7 Å². The molecule has 1 heterocycles. The molecule has 0 fully saturated rings. The van der Waals surface area contributed by atoms with E-state index >= 15 is 0 Å². The molecule has 0 aliphatic heterocycles. The molecule has 1 unspecified atom stereocenters. The fraction of sp³-hybridized carbons (Fsp3) is 0.200. The fourth-order valence-corrected chi connectivity index (χ4v) is 3.16. The third-order valence-electron chi connectivity index (χ3n) is 4.32. The van der Waals surface area contributed by atoms with Crippen LogP contribution in [0.15, 0.2) is 60.8 Å². The maximum atomic E-state index is 12.4. The van der Waals surface area contributed by atoms with Gasteiger partial charge in [0.2, 0.25) is 0 Å². The number of nitrogens with one attached hydrogen (secondary N) is 2. The van der Waals surface area contributed by atoms with Crippen LogP contribution in [0.5, 0.6) is 0 Å². The number of aromatic amines is 1. The molecular formula is C20H20N2O3S. The molecule has 0 radical (unpaired) electrons. The van der Waals surface area contributed by atoms with Gasteiger partial charge in [-0.2, -0.15) is 12.6 Å². The number of carboxylic acid groups (broad SMARTS) is 1. The molecule has 3 N–H and O–H groups in total. The van der Waals surface area contributed by atoms with Crippen molar-refractivity contribution in [2.24, 2.45) is 0 Å². The molecule has 0 saturated carbocycles. The SMILES string of the molecule is O=C(c1ccccc1)C(S)CN[C@@H](Cc1c[nH]c2ccccc12)C(=O)O. The van der Waals surface area contributed by atoms with E-state index < -0.39 is 17.3 Å². The number of aliphatic carboxylic acids is 1. The largest absolute Gasteiger partial charge is 0.480 e. The lowest BCUT2D eigenvalue weighted by molar-refractivity contribution is -0.139. The maximum absolute atomic E-state index is 12.4. The predicted molar refractivity (Wildman–Crippen MR) is 105 cm³/mol. The van der Waals surface area contributed by atoms with Crippen molar-refractivity contribution in [1.82, 2.24) is 10.3 Å². The van der Waals surface area contributed by atoms with Gasteiger partial charge in [-0.3, -0.25) is 9.59 Å². The number of carbonyl (C=O) groups is 2. The van der Waals surface area contributed by atoms with Gasteiger partial charge in [0.15, 0.2) is 5.78 Å². The molecule has 2 aromatic carbocycles. The molecule has 0 aliphatic carbocycles. The third kappa shape index (κ3) is 4.15. The molecule has 0 saturated heterocycles. The Bertz CT molecular complexity index is 908. The highest BCUT2D eigenvalue weighted by Gasteiger charge is 2.22. The van der Waals surface area contributed by atoms with Gasteiger partial charge in [0.05, 0.1) is 5.25 Å². The molecule has 3 aromatic rings. The van der Waals surface area contributed by atoms with Gasteiger partial charge in [0.25, 0.3) is 0 Å². The molecule has 2 atom stereocenters. The smallest absolute Gasteiger partial charge is 0.321 e. The lowest BCUT2D eigenvalue weighted by Gasteiger charge is -2.17. The number of rotatable bonds is 8. The van der Waals surface area contributed by atoms with Crippen molar-refractivity contribution in [3.8, 4) is 0 Å². The van der Waals surface area contributed by atoms with Crippen LogP contribution in [-0.2, 0) is 11.2 Å². The van der Waals surface area contributed by atoms with E-state index in [1.165, 1.54) is 0 Å². The van der Waals surface area contributed by atoms with E-state index in [-0.39, 0.29) is 12.3 Å². The second kappa shape index (κ2) is 8.21. The Morgan fingerprint density at radius 1 is 1.08 bits per heavy atom. The fourth-order valence-electron chi connectivity index (χ4n) is 2.91. The molecule has 134 valence electrons. The average Bonchev–Trinajstić information content (AvgIpc) is 3.07. The Kier molecular flexibility index (Phi) is 5.75. The Morgan fingerprint density at radius 2 is 1.77 bits per heavy atom. The van der Waals surface area contributed by atoms with E-state index in [1.807, 2.05) is 36.5 Å². The number of para-hydroxylation sites is 1. The molecule has 1 aromatic heterocycles. The number of aromatic nitrogens is 1. The number of hydrogen-bond acceptors (Lipinski definition) is 4. The van der Waals surface area contributed by atoms with Crippen molar-refractivity contribution in [2.45, 2.75) is 17.7 Å². The number of H-pyrrole nitrogens is 1. The van der Waals surface area contributed by atoms with Crippen LogP contribution in [-0.4, -0.2) is 39.7 Å². The topological polar surface area (TPSA) is 82.2 Å². The standard InChI is InChI=1S/C20H20N2O3S/c23-19(13-6-2-1-3-7-13)18(26)12-22-17(20(24)25)10-14-11-21-16-9-5-4-8-15(14)16/h1-9,11,17-18,21-22,26H,10,12H2,(H,24,25)/t17-,18?/m0/s1. The first-order valence-electron chi connectivity index (χ1n) is 8.35. The number of carboxylic acids is 1. The molecule has 0 bridgehead atoms. The van der Waals surface area contributed by atoms with Crippen LogP contribution in [0, 0.1) is 0 Å². The summed E-state index contributed by atoms with van der Waals surface area (Å²) in [5.41, 5.74) is 2.46. The molecule has 5 nitrogen and oxygen atoms in total. The second-order valence-corrected chi connectivity index (χ2v) is 6.73. The molecule has 0 aliphatic rings. The Morgan fingerprint density at radius 3 is 2.50 bits per heavy atom. The van der Waals surface area contributed by atoms with Gasteiger partial charge in [0, 0.05) is 35.6 Å². The first-order chi connectivity index (χ1) is 12.6. The van der Waals surface area contributed by atoms with Crippen molar-refractivity contribution in [3.63, 3.8) is 0 Å². The first-order valence-corrected chi connectivity index (χ1v) is 8.86. The summed E-state index contributed by atoms with van der Waals surface area (Å²) in [4.78, 5) is 27.1. The zero-order valence-electron chi connectivity index (χ0n) is 14.1. The lowest BCUT2D eigenvalue weighted by atomic mass is 10.0. The Labute approximate surface area is 156 Å². The average molecular weight is 368 g/mol. The van der Waals surface area contributed by atoms with Gasteiger partial charge in [0.1, 0.15) is 6.04 Å². The van der Waals surface area contributed by atoms with E-state index in [0.717, 1.165) is 16.5 Å². The summed E-state index contributed by atoms with van der Waals surface area (Å²) in [5.74, 6) is -1.08. The van der Waals surface area contributed by atoms with Crippen LogP contribution in [0.1, 0.15) is 15.9 Å². The number of benzene rings is 2. The highest BCUT2D eigenvalue weighted by molar-refractivity contribution is 7.81. The highest BCUT2D eigenvalue weighted by Crippen LogP contribution is 2.19. The number of hydrogen-bond donors (Lipinski definition) is 4. The van der Waals surface area contributed by atoms with Crippen LogP contribution in [0.25, 0.3) is 10.9 Å². The molecule has 6 heteroatoms. The van der Waals surface area contributed by atoms with Crippen molar-refractivity contribution in [3.05, 3.63) is 71.9 Å². The lowest BCUT2D eigenvalue weighted by Crippen LogP contribution is -2.43. The summed E-state index contributed by atoms with van der Waals surface area (Å²) in [5, 5.41) is 12.9. The highest BCUT2D eigenvalue weighted by atomic mass is 32.1. The maximum Gasteiger partial charge on any atom is 0.321 e. The van der Waals surface area contributed by atoms with Gasteiger partial charge >= 0.3 is 5.97 Å². The monoisotopic (exact) mass is 368 g/mol. The van der Waals surface area contributed by atoms with E-state index in [1.54, 1.807) is 24.3 Å². The van der Waals surface area contributed by atoms with Crippen molar-refractivity contribution in [2.75, 3.05) is 6.54 Å². The normalized spacial score (nSPS) is 13.4. The van der Waals surface area contributed by atoms with E-state index in [0.29, 0.717) is 12.0 Å². The van der Waals surface area contributed by atoms with Gasteiger partial charge < -0.3 is 15.4 Å². The summed E-state index contributed by atoms with van der Waals surface area (Å²) in [6.45, 7) is 0.177. The number of Topliss-reactive ketones (excluding diaryl/α,β-unsaturated/α-hetero) is 1. The predicted octanol–water partition coefficient (Wildman–Crippen LogP) is 2.93. The molecule has 0 amide bonds. The third-order valence-corrected chi connectivity index (χ3v) is 4.73. The van der Waals surface area contributed by atoms with Crippen LogP contribution in [0.4, 0.5) is 0 Å². The van der Waals surface area contributed by atoms with Crippen LogP contribution >= 0.6 is 12.6 Å². The summed E-state index contributed by atoms with van der Waals surface area (Å²) >= 11 is 4.34. The van der Waals surface area contributed by atoms with Gasteiger partial charge in [-0.1, -0.05) is 48.5 Å². The minimum absolute atomic E-state index is 0.127. The van der Waals surface area contributed by atoms with Crippen molar-refractivity contribution < 1.29 is 14.7 Å². The summed E-state index contributed by atoms with van der Waals surface area (Å²) in [6.07, 6.45) is 2.15. The first kappa shape index (κ1) is 18.2. The zero-order valence-corrected chi connectivity index (χ0v) is 14.9. The zero-order chi connectivity index (χ0) is 18.5. The molecule has 26 heavy (non-hydrogen) atoms. The molecular weight excluding hydrogens is 348 g/mol. The van der Waals surface area contributed by atoms with E-state index in [2.05, 4.69) is 22.9 Å².